The Morgan fingerprint density at radius 2 is 2.20 bits per heavy atom. The van der Waals surface area contributed by atoms with E-state index in [1.54, 1.807) is 18.6 Å². The van der Waals surface area contributed by atoms with Crippen molar-refractivity contribution in [1.82, 2.24) is 14.9 Å². The lowest BCUT2D eigenvalue weighted by Crippen LogP contribution is -2.34. The fourth-order valence-electron chi connectivity index (χ4n) is 1.13. The maximum atomic E-state index is 10.7. The lowest BCUT2D eigenvalue weighted by molar-refractivity contribution is 0.132. The Kier molecular flexibility index (Phi) is 4.49. The average molecular weight is 211 g/mol. The molecule has 15 heavy (non-hydrogen) atoms. The highest BCUT2D eigenvalue weighted by molar-refractivity contribution is 5.64. The summed E-state index contributed by atoms with van der Waals surface area (Å²) in [6.07, 6.45) is 4.19. The minimum absolute atomic E-state index is 0.121. The smallest absolute Gasteiger partial charge is 0.407 e. The van der Waals surface area contributed by atoms with Crippen molar-refractivity contribution in [3.8, 4) is 0 Å². The Balaban J connectivity index is 2.43. The summed E-state index contributed by atoms with van der Waals surface area (Å²) in [5.74, 6) is 0. The molecule has 2 N–H and O–H groups in total. The largest absolute Gasteiger partial charge is 0.465 e. The first kappa shape index (κ1) is 11.4. The molecular weight excluding hydrogens is 198 g/mol. The number of aromatic nitrogens is 2. The van der Waals surface area contributed by atoms with Gasteiger partial charge < -0.3 is 15.1 Å². The molecule has 0 saturated carbocycles. The molecule has 0 aromatic carbocycles. The number of hydrogen-bond acceptors (Lipinski definition) is 4. The zero-order valence-electron chi connectivity index (χ0n) is 8.20. The quantitative estimate of drug-likeness (QED) is 0.715. The van der Waals surface area contributed by atoms with Gasteiger partial charge in [-0.25, -0.2) is 4.79 Å². The molecule has 82 valence electrons. The zero-order valence-corrected chi connectivity index (χ0v) is 8.20. The fourth-order valence-corrected chi connectivity index (χ4v) is 1.13. The van der Waals surface area contributed by atoms with Crippen molar-refractivity contribution in [1.29, 1.82) is 0 Å². The van der Waals surface area contributed by atoms with Crippen molar-refractivity contribution >= 4 is 6.09 Å². The first-order chi connectivity index (χ1) is 7.24. The third-order valence-electron chi connectivity index (χ3n) is 1.89. The monoisotopic (exact) mass is 211 g/mol. The van der Waals surface area contributed by atoms with Gasteiger partial charge >= 0.3 is 6.09 Å². The van der Waals surface area contributed by atoms with Crippen LogP contribution in [-0.2, 0) is 6.42 Å². The Bertz CT molecular complexity index is 305. The van der Waals surface area contributed by atoms with Crippen LogP contribution in [0, 0.1) is 0 Å². The van der Waals surface area contributed by atoms with Crippen LogP contribution in [0.2, 0.25) is 0 Å². The molecule has 0 atom stereocenters. The second-order valence-electron chi connectivity index (χ2n) is 2.94. The molecule has 0 saturated heterocycles. The fraction of sp³-hybridized carbons (Fsp3) is 0.444. The summed E-state index contributed by atoms with van der Waals surface area (Å²) in [6.45, 7) is 0.261. The number of aliphatic hydroxyl groups is 1. The van der Waals surface area contributed by atoms with Crippen LogP contribution in [0.15, 0.2) is 18.6 Å². The van der Waals surface area contributed by atoms with E-state index in [2.05, 4.69) is 9.97 Å². The molecule has 0 spiro atoms. The summed E-state index contributed by atoms with van der Waals surface area (Å²) >= 11 is 0. The SMILES string of the molecule is O=C(O)N(CCO)CCc1cnccn1. The Morgan fingerprint density at radius 1 is 1.40 bits per heavy atom. The van der Waals surface area contributed by atoms with Crippen LogP contribution in [0.25, 0.3) is 0 Å². The van der Waals surface area contributed by atoms with Crippen LogP contribution in [-0.4, -0.2) is 50.9 Å². The number of nitrogens with zero attached hydrogens (tertiary/aromatic N) is 3. The predicted molar refractivity (Wildman–Crippen MR) is 52.4 cm³/mol. The third kappa shape index (κ3) is 3.90. The standard InChI is InChI=1S/C9H13N3O3/c13-6-5-12(9(14)15)4-1-8-7-10-2-3-11-8/h2-3,7,13H,1,4-6H2,(H,14,15). The van der Waals surface area contributed by atoms with E-state index in [1.807, 2.05) is 0 Å². The molecule has 0 bridgehead atoms. The zero-order chi connectivity index (χ0) is 11.1. The Morgan fingerprint density at radius 3 is 2.73 bits per heavy atom. The van der Waals surface area contributed by atoms with Crippen LogP contribution >= 0.6 is 0 Å². The molecule has 0 radical (unpaired) electrons. The van der Waals surface area contributed by atoms with E-state index >= 15 is 0 Å². The molecule has 1 aromatic rings. The van der Waals surface area contributed by atoms with Crippen LogP contribution in [0.5, 0.6) is 0 Å². The first-order valence-electron chi connectivity index (χ1n) is 4.57. The minimum Gasteiger partial charge on any atom is -0.465 e. The van der Waals surface area contributed by atoms with Crippen molar-refractivity contribution in [2.75, 3.05) is 19.7 Å². The van der Waals surface area contributed by atoms with Crippen molar-refractivity contribution in [3.05, 3.63) is 24.3 Å². The molecule has 0 aliphatic heterocycles. The van der Waals surface area contributed by atoms with Gasteiger partial charge in [-0.15, -0.1) is 0 Å². The Hall–Kier alpha value is -1.69. The van der Waals surface area contributed by atoms with E-state index < -0.39 is 6.09 Å². The van der Waals surface area contributed by atoms with Crippen LogP contribution in [0.1, 0.15) is 5.69 Å². The second kappa shape index (κ2) is 5.92. The van der Waals surface area contributed by atoms with Crippen LogP contribution in [0.3, 0.4) is 0 Å². The normalized spacial score (nSPS) is 9.93. The number of rotatable bonds is 5. The maximum absolute atomic E-state index is 10.7. The molecule has 0 unspecified atom stereocenters. The highest BCUT2D eigenvalue weighted by atomic mass is 16.4. The maximum Gasteiger partial charge on any atom is 0.407 e. The molecular formula is C9H13N3O3. The van der Waals surface area contributed by atoms with Gasteiger partial charge in [-0.05, 0) is 0 Å². The average Bonchev–Trinajstić information content (AvgIpc) is 2.25. The molecule has 6 heteroatoms. The van der Waals surface area contributed by atoms with Gasteiger partial charge in [0.15, 0.2) is 0 Å². The summed E-state index contributed by atoms with van der Waals surface area (Å²) in [7, 11) is 0. The van der Waals surface area contributed by atoms with Gasteiger partial charge in [-0.1, -0.05) is 0 Å². The summed E-state index contributed by atoms with van der Waals surface area (Å²) in [5.41, 5.74) is 0.738. The van der Waals surface area contributed by atoms with Gasteiger partial charge in [0.05, 0.1) is 12.3 Å². The van der Waals surface area contributed by atoms with Gasteiger partial charge in [-0.3, -0.25) is 9.97 Å². The van der Waals surface area contributed by atoms with Crippen LogP contribution in [0.4, 0.5) is 4.79 Å². The van der Waals surface area contributed by atoms with E-state index in [4.69, 9.17) is 10.2 Å². The summed E-state index contributed by atoms with van der Waals surface area (Å²) in [5, 5.41) is 17.4. The molecule has 1 amide bonds. The molecule has 6 nitrogen and oxygen atoms in total. The topological polar surface area (TPSA) is 86.5 Å². The van der Waals surface area contributed by atoms with Crippen molar-refractivity contribution in [2.24, 2.45) is 0 Å². The van der Waals surface area contributed by atoms with Gasteiger partial charge in [0.2, 0.25) is 0 Å². The molecule has 1 heterocycles. The molecule has 1 rings (SSSR count). The lowest BCUT2D eigenvalue weighted by atomic mass is 10.3. The Labute approximate surface area is 87.2 Å². The van der Waals surface area contributed by atoms with Gasteiger partial charge in [0.25, 0.3) is 0 Å². The molecule has 1 aromatic heterocycles. The number of carbonyl (C=O) groups is 1. The predicted octanol–water partition coefficient (Wildman–Crippen LogP) is -0.00860. The van der Waals surface area contributed by atoms with Gasteiger partial charge in [0, 0.05) is 38.1 Å². The van der Waals surface area contributed by atoms with Crippen molar-refractivity contribution < 1.29 is 15.0 Å². The van der Waals surface area contributed by atoms with Crippen LogP contribution < -0.4 is 0 Å². The second-order valence-corrected chi connectivity index (χ2v) is 2.94. The molecule has 0 aliphatic carbocycles. The van der Waals surface area contributed by atoms with E-state index in [-0.39, 0.29) is 13.2 Å². The highest BCUT2D eigenvalue weighted by Gasteiger charge is 2.10. The summed E-state index contributed by atoms with van der Waals surface area (Å²) < 4.78 is 0. The van der Waals surface area contributed by atoms with Crippen molar-refractivity contribution in [2.45, 2.75) is 6.42 Å². The van der Waals surface area contributed by atoms with E-state index in [9.17, 15) is 4.79 Å². The van der Waals surface area contributed by atoms with Gasteiger partial charge in [0.1, 0.15) is 0 Å². The third-order valence-corrected chi connectivity index (χ3v) is 1.89. The van der Waals surface area contributed by atoms with E-state index in [1.165, 1.54) is 0 Å². The van der Waals surface area contributed by atoms with E-state index in [0.717, 1.165) is 10.6 Å². The number of carboxylic acid groups (broad SMARTS) is 1. The molecule has 0 aliphatic rings. The van der Waals surface area contributed by atoms with E-state index in [0.29, 0.717) is 13.0 Å². The number of aliphatic hydroxyl groups excluding tert-OH is 1. The van der Waals surface area contributed by atoms with Gasteiger partial charge in [-0.2, -0.15) is 0 Å². The summed E-state index contributed by atoms with van der Waals surface area (Å²) in [4.78, 5) is 19.7. The number of hydrogen-bond donors (Lipinski definition) is 2. The first-order valence-corrected chi connectivity index (χ1v) is 4.57. The minimum atomic E-state index is -1.03. The number of amides is 1. The highest BCUT2D eigenvalue weighted by Crippen LogP contribution is 1.96. The molecule has 0 fully saturated rings. The van der Waals surface area contributed by atoms with Crippen molar-refractivity contribution in [3.63, 3.8) is 0 Å². The summed E-state index contributed by atoms with van der Waals surface area (Å²) in [6, 6.07) is 0. The lowest BCUT2D eigenvalue weighted by Gasteiger charge is -2.17.